The van der Waals surface area contributed by atoms with E-state index in [0.29, 0.717) is 29.3 Å². The summed E-state index contributed by atoms with van der Waals surface area (Å²) >= 11 is 0. The minimum Gasteiger partial charge on any atom is -0.434 e. The lowest BCUT2D eigenvalue weighted by molar-refractivity contribution is -0.116. The Hall–Kier alpha value is -3.35. The minimum absolute atomic E-state index is 0.0438. The highest BCUT2D eigenvalue weighted by atomic mass is 16.7. The van der Waals surface area contributed by atoms with Crippen LogP contribution in [0.1, 0.15) is 62.2 Å². The van der Waals surface area contributed by atoms with Gasteiger partial charge < -0.3 is 20.1 Å². The summed E-state index contributed by atoms with van der Waals surface area (Å²) in [7, 11) is 0. The number of para-hydroxylation sites is 2. The quantitative estimate of drug-likeness (QED) is 0.403. The molecule has 1 fully saturated rings. The molecule has 3 rings (SSSR count). The van der Waals surface area contributed by atoms with Crippen molar-refractivity contribution in [1.82, 2.24) is 0 Å². The first-order valence-electron chi connectivity index (χ1n) is 11.2. The Morgan fingerprint density at radius 1 is 0.906 bits per heavy atom. The molecular formula is C25H30N2O5. The molecule has 1 aliphatic carbocycles. The number of hydrogen-bond acceptors (Lipinski definition) is 5. The summed E-state index contributed by atoms with van der Waals surface area (Å²) in [6.45, 7) is 1.90. The first kappa shape index (κ1) is 23.3. The third-order valence-electron chi connectivity index (χ3n) is 5.53. The minimum atomic E-state index is -0.794. The zero-order valence-electron chi connectivity index (χ0n) is 18.4. The van der Waals surface area contributed by atoms with Crippen LogP contribution in [0, 0.1) is 5.92 Å². The summed E-state index contributed by atoms with van der Waals surface area (Å²) in [5.74, 6) is 0.542. The van der Waals surface area contributed by atoms with E-state index in [4.69, 9.17) is 9.47 Å². The van der Waals surface area contributed by atoms with Crippen molar-refractivity contribution < 1.29 is 23.9 Å². The molecule has 0 atom stereocenters. The van der Waals surface area contributed by atoms with Crippen molar-refractivity contribution in [2.45, 2.75) is 51.9 Å². The van der Waals surface area contributed by atoms with Gasteiger partial charge in [-0.2, -0.15) is 0 Å². The summed E-state index contributed by atoms with van der Waals surface area (Å²) < 4.78 is 9.72. The second kappa shape index (κ2) is 11.9. The van der Waals surface area contributed by atoms with Crippen molar-refractivity contribution >= 4 is 29.3 Å². The van der Waals surface area contributed by atoms with Crippen molar-refractivity contribution in [3.8, 4) is 5.75 Å². The average molecular weight is 439 g/mol. The molecule has 0 radical (unpaired) electrons. The van der Waals surface area contributed by atoms with Gasteiger partial charge in [0, 0.05) is 12.0 Å². The zero-order valence-corrected chi connectivity index (χ0v) is 18.4. The molecule has 2 aromatic rings. The largest absolute Gasteiger partial charge is 0.513 e. The Balaban J connectivity index is 1.56. The molecule has 0 aromatic heterocycles. The monoisotopic (exact) mass is 438 g/mol. The van der Waals surface area contributed by atoms with Crippen LogP contribution in [0.4, 0.5) is 16.2 Å². The Labute approximate surface area is 188 Å². The van der Waals surface area contributed by atoms with Crippen LogP contribution in [0.2, 0.25) is 0 Å². The van der Waals surface area contributed by atoms with Gasteiger partial charge in [0.25, 0.3) is 5.91 Å². The first-order chi connectivity index (χ1) is 15.5. The molecule has 1 aliphatic rings. The molecule has 0 heterocycles. The van der Waals surface area contributed by atoms with E-state index in [2.05, 4.69) is 10.6 Å². The van der Waals surface area contributed by atoms with Crippen LogP contribution in [0.25, 0.3) is 0 Å². The van der Waals surface area contributed by atoms with Crippen molar-refractivity contribution in [3.63, 3.8) is 0 Å². The molecule has 32 heavy (non-hydrogen) atoms. The van der Waals surface area contributed by atoms with Gasteiger partial charge in [-0.05, 0) is 55.7 Å². The number of nitrogens with one attached hydrogen (secondary N) is 2. The van der Waals surface area contributed by atoms with Gasteiger partial charge in [0.1, 0.15) is 5.75 Å². The predicted octanol–water partition coefficient (Wildman–Crippen LogP) is 5.77. The Morgan fingerprint density at radius 3 is 2.22 bits per heavy atom. The van der Waals surface area contributed by atoms with Gasteiger partial charge in [0.05, 0.1) is 18.0 Å². The van der Waals surface area contributed by atoms with Crippen molar-refractivity contribution in [2.75, 3.05) is 17.2 Å². The first-order valence-corrected chi connectivity index (χ1v) is 11.2. The van der Waals surface area contributed by atoms with Gasteiger partial charge in [-0.25, -0.2) is 4.79 Å². The van der Waals surface area contributed by atoms with E-state index in [1.54, 1.807) is 37.3 Å². The molecule has 0 aliphatic heterocycles. The smallest absolute Gasteiger partial charge is 0.434 e. The van der Waals surface area contributed by atoms with E-state index in [1.807, 2.05) is 6.07 Å². The lowest BCUT2D eigenvalue weighted by Crippen LogP contribution is -2.18. The molecule has 2 amide bonds. The fourth-order valence-electron chi connectivity index (χ4n) is 3.84. The fourth-order valence-corrected chi connectivity index (χ4v) is 3.84. The number of carbonyl (C=O) groups is 3. The number of amides is 2. The topological polar surface area (TPSA) is 93.7 Å². The summed E-state index contributed by atoms with van der Waals surface area (Å²) in [6.07, 6.45) is 6.84. The van der Waals surface area contributed by atoms with Crippen LogP contribution in [0.3, 0.4) is 0 Å². The van der Waals surface area contributed by atoms with Crippen LogP contribution >= 0.6 is 0 Å². The Morgan fingerprint density at radius 2 is 1.56 bits per heavy atom. The summed E-state index contributed by atoms with van der Waals surface area (Å²) in [4.78, 5) is 36.5. The van der Waals surface area contributed by atoms with Crippen molar-refractivity contribution in [2.24, 2.45) is 5.92 Å². The molecule has 170 valence electrons. The van der Waals surface area contributed by atoms with Gasteiger partial charge in [-0.3, -0.25) is 9.59 Å². The van der Waals surface area contributed by atoms with Gasteiger partial charge in [-0.1, -0.05) is 44.2 Å². The molecular weight excluding hydrogens is 408 g/mol. The molecule has 7 heteroatoms. The van der Waals surface area contributed by atoms with Crippen molar-refractivity contribution in [1.29, 1.82) is 0 Å². The maximum Gasteiger partial charge on any atom is 0.513 e. The maximum atomic E-state index is 12.7. The van der Waals surface area contributed by atoms with Crippen LogP contribution in [-0.4, -0.2) is 24.6 Å². The van der Waals surface area contributed by atoms with E-state index in [9.17, 15) is 14.4 Å². The normalized spacial score (nSPS) is 13.8. The number of benzene rings is 2. The Bertz CT molecular complexity index is 920. The number of hydrogen-bond donors (Lipinski definition) is 2. The van der Waals surface area contributed by atoms with Crippen molar-refractivity contribution in [3.05, 3.63) is 54.1 Å². The van der Waals surface area contributed by atoms with E-state index in [-0.39, 0.29) is 24.2 Å². The predicted molar refractivity (Wildman–Crippen MR) is 123 cm³/mol. The summed E-state index contributed by atoms with van der Waals surface area (Å²) in [5.41, 5.74) is 1.48. The number of carbonyl (C=O) groups excluding carboxylic acids is 3. The van der Waals surface area contributed by atoms with E-state index >= 15 is 0 Å². The van der Waals surface area contributed by atoms with Gasteiger partial charge in [-0.15, -0.1) is 0 Å². The van der Waals surface area contributed by atoms with Gasteiger partial charge >= 0.3 is 6.16 Å². The Kier molecular flexibility index (Phi) is 8.66. The molecule has 0 spiro atoms. The lowest BCUT2D eigenvalue weighted by Gasteiger charge is -2.21. The zero-order chi connectivity index (χ0) is 22.8. The lowest BCUT2D eigenvalue weighted by atomic mass is 9.86. The second-order valence-corrected chi connectivity index (χ2v) is 7.90. The van der Waals surface area contributed by atoms with Crippen LogP contribution < -0.4 is 15.4 Å². The second-order valence-electron chi connectivity index (χ2n) is 7.90. The number of rotatable bonds is 8. The van der Waals surface area contributed by atoms with Gasteiger partial charge in [0.15, 0.2) is 0 Å². The molecule has 2 N–H and O–H groups in total. The third kappa shape index (κ3) is 7.11. The molecule has 0 bridgehead atoms. The third-order valence-corrected chi connectivity index (χ3v) is 5.53. The van der Waals surface area contributed by atoms with E-state index < -0.39 is 6.16 Å². The standard InChI is InChI=1S/C25H30N2O5/c1-2-31-25(30)32-20-15-13-19(14-16-20)24(29)27-22-11-7-6-10-21(22)26-23(28)17-12-18-8-4-3-5-9-18/h6-7,10-11,13-16,18H,2-5,8-9,12,17H2,1H3,(H,26,28)(H,27,29). The SMILES string of the molecule is CCOC(=O)Oc1ccc(C(=O)Nc2ccccc2NC(=O)CCC2CCCCC2)cc1. The van der Waals surface area contributed by atoms with E-state index in [1.165, 1.54) is 44.2 Å². The highest BCUT2D eigenvalue weighted by molar-refractivity contribution is 6.07. The van der Waals surface area contributed by atoms with Crippen LogP contribution in [0.5, 0.6) is 5.75 Å². The number of anilines is 2. The average Bonchev–Trinajstić information content (AvgIpc) is 2.80. The highest BCUT2D eigenvalue weighted by Gasteiger charge is 2.16. The molecule has 1 saturated carbocycles. The fraction of sp³-hybridized carbons (Fsp3) is 0.400. The molecule has 2 aromatic carbocycles. The highest BCUT2D eigenvalue weighted by Crippen LogP contribution is 2.28. The molecule has 0 saturated heterocycles. The molecule has 0 unspecified atom stereocenters. The van der Waals surface area contributed by atoms with Gasteiger partial charge in [0.2, 0.25) is 5.91 Å². The van der Waals surface area contributed by atoms with E-state index in [0.717, 1.165) is 6.42 Å². The summed E-state index contributed by atoms with van der Waals surface area (Å²) in [6, 6.07) is 13.3. The number of ether oxygens (including phenoxy) is 2. The van der Waals surface area contributed by atoms with Crippen LogP contribution in [0.15, 0.2) is 48.5 Å². The maximum absolute atomic E-state index is 12.7. The summed E-state index contributed by atoms with van der Waals surface area (Å²) in [5, 5.41) is 5.76. The molecule has 7 nitrogen and oxygen atoms in total. The van der Waals surface area contributed by atoms with Crippen LogP contribution in [-0.2, 0) is 9.53 Å².